The van der Waals surface area contributed by atoms with Crippen molar-refractivity contribution in [3.8, 4) is 22.6 Å². The summed E-state index contributed by atoms with van der Waals surface area (Å²) in [5, 5.41) is 5.75. The van der Waals surface area contributed by atoms with Crippen LogP contribution >= 0.6 is 11.3 Å². The van der Waals surface area contributed by atoms with Crippen molar-refractivity contribution in [2.75, 3.05) is 0 Å². The van der Waals surface area contributed by atoms with Crippen LogP contribution in [0.15, 0.2) is 72.4 Å². The number of rotatable bonds is 2. The maximum absolute atomic E-state index is 4.78. The number of aromatic nitrogens is 3. The van der Waals surface area contributed by atoms with E-state index in [0.717, 1.165) is 32.9 Å². The fourth-order valence-corrected chi connectivity index (χ4v) is 4.49. The van der Waals surface area contributed by atoms with Gasteiger partial charge in [-0.1, -0.05) is 45.0 Å². The van der Waals surface area contributed by atoms with E-state index < -0.39 is 0 Å². The summed E-state index contributed by atoms with van der Waals surface area (Å²) in [7, 11) is 0. The molecule has 0 amide bonds. The Morgan fingerprint density at radius 3 is 2.45 bits per heavy atom. The molecule has 0 aliphatic rings. The molecule has 0 N–H and O–H groups in total. The third kappa shape index (κ3) is 3.30. The van der Waals surface area contributed by atoms with E-state index in [4.69, 9.17) is 4.98 Å². The van der Waals surface area contributed by atoms with E-state index in [1.54, 1.807) is 17.7 Å². The summed E-state index contributed by atoms with van der Waals surface area (Å²) in [5.41, 5.74) is 5.10. The number of hydrogen-bond acceptors (Lipinski definition) is 4. The van der Waals surface area contributed by atoms with Gasteiger partial charge in [-0.25, -0.2) is 15.0 Å². The average Bonchev–Trinajstić information content (AvgIpc) is 3.20. The number of hydrogen-bond donors (Lipinski definition) is 0. The Hall–Kier alpha value is -3.11. The van der Waals surface area contributed by atoms with Gasteiger partial charge in [0.25, 0.3) is 0 Å². The largest absolute Gasteiger partial charge is 0.236 e. The second-order valence-corrected chi connectivity index (χ2v) is 9.19. The maximum atomic E-state index is 4.78. The zero-order valence-corrected chi connectivity index (χ0v) is 17.5. The first kappa shape index (κ1) is 18.0. The van der Waals surface area contributed by atoms with Crippen molar-refractivity contribution in [3.63, 3.8) is 0 Å². The Kier molecular flexibility index (Phi) is 4.18. The molecule has 142 valence electrons. The van der Waals surface area contributed by atoms with Crippen LogP contribution in [-0.2, 0) is 5.41 Å². The van der Waals surface area contributed by atoms with Gasteiger partial charge in [0.2, 0.25) is 0 Å². The van der Waals surface area contributed by atoms with E-state index in [2.05, 4.69) is 84.7 Å². The summed E-state index contributed by atoms with van der Waals surface area (Å²) >= 11 is 1.65. The van der Waals surface area contributed by atoms with Crippen molar-refractivity contribution in [3.05, 3.63) is 77.9 Å². The average molecular weight is 396 g/mol. The molecular formula is C25H21N3S. The predicted octanol–water partition coefficient (Wildman–Crippen LogP) is 6.87. The molecule has 0 saturated carbocycles. The number of benzene rings is 2. The van der Waals surface area contributed by atoms with Gasteiger partial charge >= 0.3 is 0 Å². The van der Waals surface area contributed by atoms with Crippen LogP contribution in [0.1, 0.15) is 26.3 Å². The minimum absolute atomic E-state index is 0.0389. The molecular weight excluding hydrogens is 374 g/mol. The van der Waals surface area contributed by atoms with E-state index >= 15 is 0 Å². The fraction of sp³-hybridized carbons (Fsp3) is 0.160. The van der Waals surface area contributed by atoms with Gasteiger partial charge in [0, 0.05) is 10.9 Å². The summed E-state index contributed by atoms with van der Waals surface area (Å²) in [4.78, 5) is 14.9. The monoisotopic (exact) mass is 395 g/mol. The molecule has 0 spiro atoms. The topological polar surface area (TPSA) is 38.7 Å². The lowest BCUT2D eigenvalue weighted by atomic mass is 9.82. The number of thiophene rings is 1. The molecule has 0 atom stereocenters. The lowest BCUT2D eigenvalue weighted by Crippen LogP contribution is -2.12. The molecule has 5 aromatic rings. The van der Waals surface area contributed by atoms with Crippen LogP contribution in [0.25, 0.3) is 43.6 Å². The molecule has 3 aromatic heterocycles. The molecule has 0 fully saturated rings. The molecule has 5 rings (SSSR count). The van der Waals surface area contributed by atoms with Gasteiger partial charge in [0.05, 0.1) is 17.1 Å². The molecule has 3 heterocycles. The lowest BCUT2D eigenvalue weighted by molar-refractivity contribution is 0.596. The van der Waals surface area contributed by atoms with Crippen molar-refractivity contribution < 1.29 is 0 Å². The third-order valence-corrected chi connectivity index (χ3v) is 6.03. The molecule has 0 saturated heterocycles. The summed E-state index contributed by atoms with van der Waals surface area (Å²) in [6.07, 6.45) is 1.64. The smallest absolute Gasteiger partial charge is 0.124 e. The van der Waals surface area contributed by atoms with Gasteiger partial charge in [-0.2, -0.15) is 0 Å². The zero-order valence-electron chi connectivity index (χ0n) is 16.7. The number of pyridine rings is 1. The molecule has 0 aliphatic heterocycles. The summed E-state index contributed by atoms with van der Waals surface area (Å²) < 4.78 is 0. The first-order valence-electron chi connectivity index (χ1n) is 9.69. The van der Waals surface area contributed by atoms with Crippen LogP contribution in [0.2, 0.25) is 0 Å². The summed E-state index contributed by atoms with van der Waals surface area (Å²) in [5.74, 6) is 0. The summed E-state index contributed by atoms with van der Waals surface area (Å²) in [6, 6.07) is 21.3. The second kappa shape index (κ2) is 6.75. The van der Waals surface area contributed by atoms with Crippen LogP contribution in [0.4, 0.5) is 0 Å². The number of nitrogens with zero attached hydrogens (tertiary/aromatic N) is 3. The Labute approximate surface area is 174 Å². The van der Waals surface area contributed by atoms with E-state index in [1.807, 2.05) is 12.1 Å². The lowest BCUT2D eigenvalue weighted by Gasteiger charge is -2.22. The normalized spacial score (nSPS) is 12.0. The van der Waals surface area contributed by atoms with Crippen LogP contribution in [-0.4, -0.2) is 15.0 Å². The van der Waals surface area contributed by atoms with Crippen LogP contribution in [0, 0.1) is 0 Å². The van der Waals surface area contributed by atoms with E-state index in [1.165, 1.54) is 16.3 Å². The van der Waals surface area contributed by atoms with Gasteiger partial charge in [-0.15, -0.1) is 11.3 Å². The maximum Gasteiger partial charge on any atom is 0.124 e. The molecule has 29 heavy (non-hydrogen) atoms. The molecule has 0 radical (unpaired) electrons. The molecule has 0 bridgehead atoms. The summed E-state index contributed by atoms with van der Waals surface area (Å²) in [6.45, 7) is 6.76. The molecule has 4 heteroatoms. The first-order chi connectivity index (χ1) is 14.0. The molecule has 0 aliphatic carbocycles. The standard InChI is InChI=1S/C25H21N3S/c1-25(2,3)20-13-18(12-17-6-4-5-7-19(17)20)22-14-23(27-15-26-22)21-9-8-16-10-11-29-24(16)28-21/h4-15H,1-3H3. The Morgan fingerprint density at radius 2 is 1.59 bits per heavy atom. The quantitative estimate of drug-likeness (QED) is 0.327. The minimum atomic E-state index is 0.0389. The Bertz CT molecular complexity index is 1350. The highest BCUT2D eigenvalue weighted by Crippen LogP contribution is 2.35. The van der Waals surface area contributed by atoms with E-state index in [9.17, 15) is 0 Å². The SMILES string of the molecule is CC(C)(C)c1cc(-c2cc(-c3ccc4ccsc4n3)ncn2)cc2ccccc12. The Balaban J connectivity index is 1.66. The van der Waals surface area contributed by atoms with E-state index in [0.29, 0.717) is 0 Å². The van der Waals surface area contributed by atoms with Crippen molar-refractivity contribution in [1.82, 2.24) is 15.0 Å². The number of fused-ring (bicyclic) bond motifs is 2. The fourth-order valence-electron chi connectivity index (χ4n) is 3.72. The van der Waals surface area contributed by atoms with Crippen molar-refractivity contribution >= 4 is 32.3 Å². The Morgan fingerprint density at radius 1 is 0.759 bits per heavy atom. The second-order valence-electron chi connectivity index (χ2n) is 8.29. The van der Waals surface area contributed by atoms with Crippen molar-refractivity contribution in [2.45, 2.75) is 26.2 Å². The molecule has 2 aromatic carbocycles. The van der Waals surface area contributed by atoms with Gasteiger partial charge in [-0.3, -0.25) is 0 Å². The molecule has 3 nitrogen and oxygen atoms in total. The van der Waals surface area contributed by atoms with Crippen LogP contribution in [0.5, 0.6) is 0 Å². The first-order valence-corrected chi connectivity index (χ1v) is 10.6. The predicted molar refractivity (Wildman–Crippen MR) is 122 cm³/mol. The zero-order chi connectivity index (χ0) is 20.0. The van der Waals surface area contributed by atoms with Crippen molar-refractivity contribution in [2.24, 2.45) is 0 Å². The molecule has 0 unspecified atom stereocenters. The highest BCUT2D eigenvalue weighted by atomic mass is 32.1. The van der Waals surface area contributed by atoms with Gasteiger partial charge < -0.3 is 0 Å². The van der Waals surface area contributed by atoms with Crippen molar-refractivity contribution in [1.29, 1.82) is 0 Å². The van der Waals surface area contributed by atoms with Gasteiger partial charge in [-0.05, 0) is 63.5 Å². The highest BCUT2D eigenvalue weighted by molar-refractivity contribution is 7.16. The van der Waals surface area contributed by atoms with Crippen LogP contribution in [0.3, 0.4) is 0 Å². The van der Waals surface area contributed by atoms with Gasteiger partial charge in [0.15, 0.2) is 0 Å². The van der Waals surface area contributed by atoms with Gasteiger partial charge in [0.1, 0.15) is 11.2 Å². The van der Waals surface area contributed by atoms with Crippen LogP contribution < -0.4 is 0 Å². The minimum Gasteiger partial charge on any atom is -0.236 e. The highest BCUT2D eigenvalue weighted by Gasteiger charge is 2.19. The van der Waals surface area contributed by atoms with E-state index in [-0.39, 0.29) is 5.41 Å². The third-order valence-electron chi connectivity index (χ3n) is 5.21.